The van der Waals surface area contributed by atoms with Crippen LogP contribution in [0, 0.1) is 17.8 Å². The topological polar surface area (TPSA) is 84.9 Å². The summed E-state index contributed by atoms with van der Waals surface area (Å²) in [6.45, 7) is 3.23. The Morgan fingerprint density at radius 1 is 1.29 bits per heavy atom. The molecule has 0 aromatic heterocycles. The van der Waals surface area contributed by atoms with E-state index in [1.165, 1.54) is 0 Å². The summed E-state index contributed by atoms with van der Waals surface area (Å²) in [7, 11) is 0. The van der Waals surface area contributed by atoms with Crippen molar-refractivity contribution in [3.8, 4) is 0 Å². The lowest BCUT2D eigenvalue weighted by atomic mass is 9.53. The Balaban J connectivity index is 1.70. The lowest BCUT2D eigenvalue weighted by Gasteiger charge is -2.55. The van der Waals surface area contributed by atoms with Crippen LogP contribution in [0.2, 0.25) is 0 Å². The molecule has 0 saturated heterocycles. The fourth-order valence-electron chi connectivity index (χ4n) is 4.25. The molecule has 2 atom stereocenters. The van der Waals surface area contributed by atoms with Crippen molar-refractivity contribution in [2.45, 2.75) is 56.3 Å². The molecule has 0 N–H and O–H groups in total. The van der Waals surface area contributed by atoms with Gasteiger partial charge in [-0.1, -0.05) is 0 Å². The van der Waals surface area contributed by atoms with Crippen molar-refractivity contribution in [1.29, 1.82) is 0 Å². The molecule has 0 amide bonds. The lowest BCUT2D eigenvalue weighted by Crippen LogP contribution is -2.57. The summed E-state index contributed by atoms with van der Waals surface area (Å²) in [5.41, 5.74) is -0.502. The van der Waals surface area contributed by atoms with Crippen LogP contribution in [0.25, 0.3) is 0 Å². The molecule has 0 aromatic rings. The zero-order chi connectivity index (χ0) is 15.3. The highest BCUT2D eigenvalue weighted by Gasteiger charge is 2.57. The van der Waals surface area contributed by atoms with E-state index in [2.05, 4.69) is 9.37 Å². The second-order valence-electron chi connectivity index (χ2n) is 7.05. The van der Waals surface area contributed by atoms with Crippen LogP contribution >= 0.6 is 12.0 Å². The SMILES string of the molecule is CC(C)(SOO[O-])C(=O)OC12CC3CC(C1)C(=O)C(C3)C2. The van der Waals surface area contributed by atoms with Gasteiger partial charge in [0.15, 0.2) is 0 Å². The molecule has 4 fully saturated rings. The predicted molar refractivity (Wildman–Crippen MR) is 71.2 cm³/mol. The molecule has 4 rings (SSSR count). The Morgan fingerprint density at radius 3 is 2.48 bits per heavy atom. The highest BCUT2D eigenvalue weighted by Crippen LogP contribution is 2.56. The Labute approximate surface area is 127 Å². The highest BCUT2D eigenvalue weighted by molar-refractivity contribution is 7.96. The summed E-state index contributed by atoms with van der Waals surface area (Å²) in [6, 6.07) is 0. The van der Waals surface area contributed by atoms with Gasteiger partial charge in [-0.25, -0.2) is 0 Å². The summed E-state index contributed by atoms with van der Waals surface area (Å²) in [6.07, 6.45) is 4.02. The molecule has 118 valence electrons. The maximum atomic E-state index is 12.4. The van der Waals surface area contributed by atoms with Gasteiger partial charge in [-0.15, -0.1) is 0 Å². The number of ether oxygens (including phenoxy) is 1. The molecule has 2 unspecified atom stereocenters. The van der Waals surface area contributed by atoms with Crippen LogP contribution in [0.3, 0.4) is 0 Å². The van der Waals surface area contributed by atoms with Crippen molar-refractivity contribution in [3.63, 3.8) is 0 Å². The molecular weight excluding hydrogens is 296 g/mol. The van der Waals surface area contributed by atoms with E-state index in [1.807, 2.05) is 0 Å². The van der Waals surface area contributed by atoms with Crippen LogP contribution in [0.15, 0.2) is 0 Å². The third-order valence-electron chi connectivity index (χ3n) is 5.01. The van der Waals surface area contributed by atoms with E-state index < -0.39 is 16.3 Å². The van der Waals surface area contributed by atoms with Gasteiger partial charge in [0.25, 0.3) is 0 Å². The van der Waals surface area contributed by atoms with Gasteiger partial charge >= 0.3 is 5.97 Å². The maximum Gasteiger partial charge on any atom is 0.324 e. The molecule has 0 aromatic carbocycles. The van der Waals surface area contributed by atoms with Gasteiger partial charge in [0.05, 0.1) is 0 Å². The van der Waals surface area contributed by atoms with Crippen molar-refractivity contribution in [1.82, 2.24) is 0 Å². The van der Waals surface area contributed by atoms with Crippen LogP contribution in [0.4, 0.5) is 0 Å². The Kier molecular flexibility index (Phi) is 3.80. The largest absolute Gasteiger partial charge is 0.691 e. The zero-order valence-corrected chi connectivity index (χ0v) is 12.9. The molecule has 0 radical (unpaired) electrons. The fourth-order valence-corrected chi connectivity index (χ4v) is 4.56. The van der Waals surface area contributed by atoms with Gasteiger partial charge in [-0.2, -0.15) is 4.33 Å². The minimum atomic E-state index is -1.03. The monoisotopic (exact) mass is 315 g/mol. The second-order valence-corrected chi connectivity index (χ2v) is 8.37. The van der Waals surface area contributed by atoms with E-state index in [-0.39, 0.29) is 11.8 Å². The van der Waals surface area contributed by atoms with E-state index in [9.17, 15) is 14.8 Å². The molecular formula is C14H19O6S-. The number of carbonyl (C=O) groups is 2. The molecule has 4 aliphatic carbocycles. The van der Waals surface area contributed by atoms with Crippen molar-refractivity contribution >= 4 is 23.8 Å². The van der Waals surface area contributed by atoms with Crippen molar-refractivity contribution in [2.24, 2.45) is 17.8 Å². The van der Waals surface area contributed by atoms with Crippen molar-refractivity contribution < 1.29 is 29.0 Å². The van der Waals surface area contributed by atoms with Crippen molar-refractivity contribution in [2.75, 3.05) is 0 Å². The van der Waals surface area contributed by atoms with E-state index in [0.29, 0.717) is 36.6 Å². The second kappa shape index (κ2) is 5.22. The van der Waals surface area contributed by atoms with Crippen LogP contribution < -0.4 is 5.26 Å². The number of Topliss-reactive ketones (excluding diaryl/α,β-unsaturated/α-hetero) is 1. The first kappa shape index (κ1) is 15.3. The molecule has 0 aliphatic heterocycles. The van der Waals surface area contributed by atoms with Gasteiger partial charge in [0.1, 0.15) is 16.1 Å². The number of ketones is 1. The molecule has 6 nitrogen and oxygen atoms in total. The van der Waals surface area contributed by atoms with Crippen LogP contribution in [0.5, 0.6) is 0 Å². The fraction of sp³-hybridized carbons (Fsp3) is 0.857. The first-order chi connectivity index (χ1) is 9.85. The van der Waals surface area contributed by atoms with E-state index in [0.717, 1.165) is 19.3 Å². The first-order valence-corrected chi connectivity index (χ1v) is 8.01. The van der Waals surface area contributed by atoms with Crippen LogP contribution in [0.1, 0.15) is 46.0 Å². The minimum absolute atomic E-state index is 0.0565. The summed E-state index contributed by atoms with van der Waals surface area (Å²) in [5, 5.41) is 13.2. The molecule has 21 heavy (non-hydrogen) atoms. The average Bonchev–Trinajstić information content (AvgIpc) is 2.41. The van der Waals surface area contributed by atoms with Crippen molar-refractivity contribution in [3.05, 3.63) is 0 Å². The molecule has 0 spiro atoms. The third kappa shape index (κ3) is 2.72. The molecule has 4 aliphatic rings. The Morgan fingerprint density at radius 2 is 1.90 bits per heavy atom. The Bertz CT molecular complexity index is 444. The number of carbonyl (C=O) groups excluding carboxylic acids is 2. The van der Waals surface area contributed by atoms with Gasteiger partial charge in [-0.05, 0) is 51.9 Å². The molecule has 7 heteroatoms. The average molecular weight is 315 g/mol. The molecule has 4 saturated carbocycles. The number of hydrogen-bond donors (Lipinski definition) is 0. The maximum absolute atomic E-state index is 12.4. The number of rotatable bonds is 5. The van der Waals surface area contributed by atoms with E-state index >= 15 is 0 Å². The standard InChI is InChI=1S/C14H20O6S/c1-13(2,21-20-19-17)12(16)18-14-5-8-3-9(6-14)11(15)10(4-8)7-14/h8-10,17H,3-7H2,1-2H3/p-1. The smallest absolute Gasteiger partial charge is 0.324 e. The van der Waals surface area contributed by atoms with Gasteiger partial charge < -0.3 is 9.99 Å². The van der Waals surface area contributed by atoms with E-state index in [1.54, 1.807) is 13.8 Å². The highest BCUT2D eigenvalue weighted by atomic mass is 32.2. The van der Waals surface area contributed by atoms with E-state index in [4.69, 9.17) is 4.74 Å². The normalized spacial score (nSPS) is 37.9. The summed E-state index contributed by atoms with van der Waals surface area (Å²) < 4.78 is 9.04. The van der Waals surface area contributed by atoms with Crippen LogP contribution in [-0.2, 0) is 23.7 Å². The quantitative estimate of drug-likeness (QED) is 0.327. The minimum Gasteiger partial charge on any atom is -0.691 e. The molecule has 4 bridgehead atoms. The zero-order valence-electron chi connectivity index (χ0n) is 12.1. The molecule has 0 heterocycles. The van der Waals surface area contributed by atoms with Crippen LogP contribution in [-0.4, -0.2) is 22.1 Å². The summed E-state index contributed by atoms with van der Waals surface area (Å²) in [5.74, 6) is 0.528. The first-order valence-electron chi connectivity index (χ1n) is 7.27. The van der Waals surface area contributed by atoms with Gasteiger partial charge in [-0.3, -0.25) is 14.6 Å². The van der Waals surface area contributed by atoms with Gasteiger partial charge in [0, 0.05) is 23.9 Å². The Hall–Kier alpha value is -0.630. The summed E-state index contributed by atoms with van der Waals surface area (Å²) in [4.78, 5) is 24.5. The third-order valence-corrected chi connectivity index (χ3v) is 5.72. The lowest BCUT2D eigenvalue weighted by molar-refractivity contribution is -0.777. The number of hydrogen-bond acceptors (Lipinski definition) is 7. The van der Waals surface area contributed by atoms with Gasteiger partial charge in [0.2, 0.25) is 0 Å². The summed E-state index contributed by atoms with van der Waals surface area (Å²) >= 11 is 0.640. The number of esters is 1. The predicted octanol–water partition coefficient (Wildman–Crippen LogP) is 1.33.